The number of rotatable bonds is 6. The Morgan fingerprint density at radius 2 is 1.97 bits per heavy atom. The molecule has 0 saturated carbocycles. The molecule has 0 N–H and O–H groups in total. The smallest absolute Gasteiger partial charge is 0.191 e. The van der Waals surface area contributed by atoms with Crippen LogP contribution in [0.4, 0.5) is 4.39 Å². The summed E-state index contributed by atoms with van der Waals surface area (Å²) in [4.78, 5) is 22.5. The number of fused-ring (bicyclic) bond motifs is 1. The van der Waals surface area contributed by atoms with Gasteiger partial charge in [-0.3, -0.25) is 4.79 Å². The van der Waals surface area contributed by atoms with Crippen molar-refractivity contribution in [3.8, 4) is 16.9 Å². The molecule has 0 radical (unpaired) electrons. The SMILES string of the molecule is Cc1nc2c(o1)CC(CC(=O)Cc1nc(-c3ccc(Cl)c(C)c3)cn1-c1ccc(F)cc1)CCC2. The molecular formula is C28H27ClFN3O2. The van der Waals surface area contributed by atoms with E-state index in [1.54, 1.807) is 12.1 Å². The van der Waals surface area contributed by atoms with Gasteiger partial charge in [-0.1, -0.05) is 17.7 Å². The number of oxazole rings is 1. The summed E-state index contributed by atoms with van der Waals surface area (Å²) in [6.07, 6.45) is 6.17. The van der Waals surface area contributed by atoms with Gasteiger partial charge in [0.15, 0.2) is 5.89 Å². The molecule has 0 spiro atoms. The third-order valence-corrected chi connectivity index (χ3v) is 7.02. The minimum absolute atomic E-state index is 0.127. The lowest BCUT2D eigenvalue weighted by molar-refractivity contribution is -0.119. The summed E-state index contributed by atoms with van der Waals surface area (Å²) < 4.78 is 21.2. The Morgan fingerprint density at radius 1 is 1.17 bits per heavy atom. The number of hydrogen-bond donors (Lipinski definition) is 0. The molecule has 7 heteroatoms. The number of nitrogens with zero attached hydrogens (tertiary/aromatic N) is 3. The van der Waals surface area contributed by atoms with Gasteiger partial charge >= 0.3 is 0 Å². The van der Waals surface area contributed by atoms with Crippen molar-refractivity contribution in [1.29, 1.82) is 0 Å². The van der Waals surface area contributed by atoms with E-state index in [2.05, 4.69) is 4.98 Å². The maximum atomic E-state index is 13.6. The van der Waals surface area contributed by atoms with Crippen LogP contribution in [0.2, 0.25) is 5.02 Å². The average Bonchev–Trinajstić information content (AvgIpc) is 3.33. The van der Waals surface area contributed by atoms with Crippen molar-refractivity contribution < 1.29 is 13.6 Å². The van der Waals surface area contributed by atoms with Crippen molar-refractivity contribution >= 4 is 17.4 Å². The first kappa shape index (κ1) is 23.5. The summed E-state index contributed by atoms with van der Waals surface area (Å²) in [5, 5.41) is 0.690. The zero-order chi connectivity index (χ0) is 24.5. The maximum absolute atomic E-state index is 13.6. The van der Waals surface area contributed by atoms with Crippen LogP contribution >= 0.6 is 11.6 Å². The van der Waals surface area contributed by atoms with E-state index in [0.29, 0.717) is 23.2 Å². The van der Waals surface area contributed by atoms with E-state index in [1.165, 1.54) is 12.1 Å². The largest absolute Gasteiger partial charge is 0.446 e. The maximum Gasteiger partial charge on any atom is 0.191 e. The van der Waals surface area contributed by atoms with Gasteiger partial charge in [-0.15, -0.1) is 0 Å². The predicted molar refractivity (Wildman–Crippen MR) is 133 cm³/mol. The van der Waals surface area contributed by atoms with E-state index in [1.807, 2.05) is 42.8 Å². The molecule has 1 unspecified atom stereocenters. The Hall–Kier alpha value is -3.25. The molecule has 0 bridgehead atoms. The van der Waals surface area contributed by atoms with Crippen molar-refractivity contribution in [2.75, 3.05) is 0 Å². The number of hydrogen-bond acceptors (Lipinski definition) is 4. The quantitative estimate of drug-likeness (QED) is 0.284. The first-order chi connectivity index (χ1) is 16.9. The number of ketones is 1. The fourth-order valence-corrected chi connectivity index (χ4v) is 4.96. The molecule has 4 aromatic rings. The van der Waals surface area contributed by atoms with Crippen LogP contribution < -0.4 is 0 Å². The highest BCUT2D eigenvalue weighted by molar-refractivity contribution is 6.31. The number of aryl methyl sites for hydroxylation is 3. The third kappa shape index (κ3) is 5.22. The van der Waals surface area contributed by atoms with Crippen molar-refractivity contribution in [2.24, 2.45) is 5.92 Å². The van der Waals surface area contributed by atoms with Crippen molar-refractivity contribution in [1.82, 2.24) is 14.5 Å². The van der Waals surface area contributed by atoms with E-state index in [9.17, 15) is 9.18 Å². The number of carbonyl (C=O) groups excluding carboxylic acids is 1. The van der Waals surface area contributed by atoms with E-state index < -0.39 is 0 Å². The highest BCUT2D eigenvalue weighted by atomic mass is 35.5. The summed E-state index contributed by atoms with van der Waals surface area (Å²) in [7, 11) is 0. The fraction of sp³-hybridized carbons (Fsp3) is 0.321. The molecule has 2 heterocycles. The second-order valence-corrected chi connectivity index (χ2v) is 9.74. The van der Waals surface area contributed by atoms with Crippen molar-refractivity contribution in [3.63, 3.8) is 0 Å². The Kier molecular flexibility index (Phi) is 6.56. The van der Waals surface area contributed by atoms with E-state index in [4.69, 9.17) is 21.0 Å². The number of aromatic nitrogens is 3. The van der Waals surface area contributed by atoms with Gasteiger partial charge in [-0.05, 0) is 74.1 Å². The zero-order valence-electron chi connectivity index (χ0n) is 19.9. The molecule has 35 heavy (non-hydrogen) atoms. The number of Topliss-reactive ketones (excluding diaryl/α,β-unsaturated/α-hetero) is 1. The van der Waals surface area contributed by atoms with Crippen LogP contribution in [0.5, 0.6) is 0 Å². The Bertz CT molecular complexity index is 1370. The first-order valence-electron chi connectivity index (χ1n) is 11.9. The molecule has 0 saturated heterocycles. The van der Waals surface area contributed by atoms with Gasteiger partial charge in [-0.2, -0.15) is 0 Å². The number of imidazole rings is 1. The normalized spacial score (nSPS) is 15.6. The minimum atomic E-state index is -0.310. The molecular weight excluding hydrogens is 465 g/mol. The second-order valence-electron chi connectivity index (χ2n) is 9.34. The van der Waals surface area contributed by atoms with E-state index in [-0.39, 0.29) is 23.9 Å². The van der Waals surface area contributed by atoms with Crippen LogP contribution in [0, 0.1) is 25.6 Å². The summed E-state index contributed by atoms with van der Waals surface area (Å²) in [5.74, 6) is 2.29. The van der Waals surface area contributed by atoms with Gasteiger partial charge in [0.05, 0.1) is 17.8 Å². The van der Waals surface area contributed by atoms with Crippen LogP contribution in [0.1, 0.15) is 48.0 Å². The summed E-state index contributed by atoms with van der Waals surface area (Å²) in [6, 6.07) is 12.0. The van der Waals surface area contributed by atoms with Gasteiger partial charge in [0.1, 0.15) is 23.2 Å². The molecule has 5 rings (SSSR count). The standard InChI is InChI=1S/C28H27ClFN3O2/c1-17-12-20(6-11-24(17)29)26-16-33(22-9-7-21(30)8-10-22)28(32-26)15-23(34)13-19-4-3-5-25-27(14-19)35-18(2)31-25/h6-12,16,19H,3-5,13-15H2,1-2H3. The van der Waals surface area contributed by atoms with Crippen molar-refractivity contribution in [2.45, 2.75) is 52.4 Å². The second kappa shape index (κ2) is 9.78. The lowest BCUT2D eigenvalue weighted by Crippen LogP contribution is -2.15. The molecule has 1 atom stereocenters. The highest BCUT2D eigenvalue weighted by Crippen LogP contribution is 2.29. The Morgan fingerprint density at radius 3 is 2.74 bits per heavy atom. The van der Waals surface area contributed by atoms with Crippen molar-refractivity contribution in [3.05, 3.63) is 88.2 Å². The fourth-order valence-electron chi connectivity index (χ4n) is 4.85. The summed E-state index contributed by atoms with van der Waals surface area (Å²) >= 11 is 6.20. The lowest BCUT2D eigenvalue weighted by atomic mass is 9.93. The third-order valence-electron chi connectivity index (χ3n) is 6.59. The van der Waals surface area contributed by atoms with Gasteiger partial charge in [-0.25, -0.2) is 14.4 Å². The molecule has 0 aliphatic heterocycles. The number of benzene rings is 2. The molecule has 1 aliphatic rings. The molecule has 2 aromatic carbocycles. The molecule has 0 fully saturated rings. The van der Waals surface area contributed by atoms with Gasteiger partial charge in [0.25, 0.3) is 0 Å². The highest BCUT2D eigenvalue weighted by Gasteiger charge is 2.24. The Balaban J connectivity index is 1.40. The Labute approximate surface area is 209 Å². The molecule has 5 nitrogen and oxygen atoms in total. The van der Waals surface area contributed by atoms with Gasteiger partial charge < -0.3 is 8.98 Å². The number of carbonyl (C=O) groups is 1. The van der Waals surface area contributed by atoms with Crippen LogP contribution in [0.15, 0.2) is 53.1 Å². The zero-order valence-corrected chi connectivity index (χ0v) is 20.6. The predicted octanol–water partition coefficient (Wildman–Crippen LogP) is 6.63. The van der Waals surface area contributed by atoms with Crippen LogP contribution in [0.3, 0.4) is 0 Å². The molecule has 0 amide bonds. The molecule has 2 aromatic heterocycles. The minimum Gasteiger partial charge on any atom is -0.446 e. The monoisotopic (exact) mass is 491 g/mol. The van der Waals surface area contributed by atoms with Crippen LogP contribution in [0.25, 0.3) is 16.9 Å². The van der Waals surface area contributed by atoms with E-state index in [0.717, 1.165) is 59.6 Å². The average molecular weight is 492 g/mol. The van der Waals surface area contributed by atoms with Gasteiger partial charge in [0.2, 0.25) is 0 Å². The van der Waals surface area contributed by atoms with Crippen LogP contribution in [-0.4, -0.2) is 20.3 Å². The molecule has 1 aliphatic carbocycles. The lowest BCUT2D eigenvalue weighted by Gasteiger charge is -2.13. The van der Waals surface area contributed by atoms with E-state index >= 15 is 0 Å². The summed E-state index contributed by atoms with van der Waals surface area (Å²) in [6.45, 7) is 3.81. The number of halogens is 2. The van der Waals surface area contributed by atoms with Gasteiger partial charge in [0, 0.05) is 42.2 Å². The van der Waals surface area contributed by atoms with Crippen LogP contribution in [-0.2, 0) is 24.1 Å². The first-order valence-corrected chi connectivity index (χ1v) is 12.3. The molecule has 180 valence electrons. The summed E-state index contributed by atoms with van der Waals surface area (Å²) in [5.41, 5.74) is 4.40. The topological polar surface area (TPSA) is 60.9 Å².